The molecule has 6 N–H and O–H groups in total. The molecule has 0 aromatic heterocycles. The van der Waals surface area contributed by atoms with Crippen molar-refractivity contribution in [3.05, 3.63) is 0 Å². The summed E-state index contributed by atoms with van der Waals surface area (Å²) in [6.45, 7) is 0. The van der Waals surface area contributed by atoms with E-state index in [0.29, 0.717) is 0 Å². The minimum absolute atomic E-state index is 0. The molecule has 0 unspecified atom stereocenters. The van der Waals surface area contributed by atoms with E-state index in [0.717, 1.165) is 30.8 Å². The first-order chi connectivity index (χ1) is 6.13. The summed E-state index contributed by atoms with van der Waals surface area (Å²) in [5, 5.41) is 14.3. The number of rotatable bonds is 6. The van der Waals surface area contributed by atoms with Crippen molar-refractivity contribution < 1.29 is 0 Å². The maximum atomic E-state index is 6.96. The standard InChI is InChI=1S/C7H16N4S2.BrH/c8-6(9)12-4-2-1-3-5-13-7(10)11;/h1-5H2,(H3,8,9)(H3,10,11);1H. The second-order valence-corrected chi connectivity index (χ2v) is 4.76. The Bertz CT molecular complexity index is 159. The number of hydrogen-bond donors (Lipinski definition) is 4. The number of nitrogens with two attached hydrogens (primary N) is 2. The number of nitrogens with one attached hydrogen (secondary N) is 2. The molecule has 0 saturated heterocycles. The highest BCUT2D eigenvalue weighted by atomic mass is 79.9. The summed E-state index contributed by atoms with van der Waals surface area (Å²) in [5.41, 5.74) is 10.3. The van der Waals surface area contributed by atoms with Gasteiger partial charge in [-0.3, -0.25) is 10.8 Å². The van der Waals surface area contributed by atoms with E-state index >= 15 is 0 Å². The minimum atomic E-state index is 0. The summed E-state index contributed by atoms with van der Waals surface area (Å²) >= 11 is 2.77. The highest BCUT2D eigenvalue weighted by molar-refractivity contribution is 8.93. The molecular formula is C7H17BrN4S2. The van der Waals surface area contributed by atoms with Crippen LogP contribution in [0.3, 0.4) is 0 Å². The third-order valence-corrected chi connectivity index (χ3v) is 2.91. The van der Waals surface area contributed by atoms with Crippen LogP contribution in [0.4, 0.5) is 0 Å². The van der Waals surface area contributed by atoms with Crippen molar-refractivity contribution in [2.24, 2.45) is 11.5 Å². The average Bonchev–Trinajstić information content (AvgIpc) is 2.01. The lowest BCUT2D eigenvalue weighted by Crippen LogP contribution is -2.05. The molecule has 0 fully saturated rings. The lowest BCUT2D eigenvalue weighted by molar-refractivity contribution is 0.787. The fourth-order valence-electron chi connectivity index (χ4n) is 0.745. The highest BCUT2D eigenvalue weighted by Crippen LogP contribution is 2.08. The lowest BCUT2D eigenvalue weighted by atomic mass is 10.3. The Kier molecular flexibility index (Phi) is 13.2. The molecule has 4 nitrogen and oxygen atoms in total. The van der Waals surface area contributed by atoms with E-state index in [9.17, 15) is 0 Å². The predicted molar refractivity (Wildman–Crippen MR) is 72.9 cm³/mol. The molecule has 0 atom stereocenters. The van der Waals surface area contributed by atoms with Crippen LogP contribution < -0.4 is 11.5 Å². The van der Waals surface area contributed by atoms with Crippen molar-refractivity contribution in [1.82, 2.24) is 0 Å². The Morgan fingerprint density at radius 1 is 0.857 bits per heavy atom. The van der Waals surface area contributed by atoms with Crippen LogP contribution in [0.1, 0.15) is 19.3 Å². The molecule has 0 heterocycles. The van der Waals surface area contributed by atoms with E-state index in [1.165, 1.54) is 23.5 Å². The van der Waals surface area contributed by atoms with Gasteiger partial charge in [0.25, 0.3) is 0 Å². The molecule has 0 aromatic rings. The van der Waals surface area contributed by atoms with Gasteiger partial charge in [-0.25, -0.2) is 0 Å². The number of halogens is 1. The zero-order valence-electron chi connectivity index (χ0n) is 7.91. The van der Waals surface area contributed by atoms with Gasteiger partial charge in [-0.1, -0.05) is 29.9 Å². The van der Waals surface area contributed by atoms with E-state index in [-0.39, 0.29) is 27.3 Å². The largest absolute Gasteiger partial charge is 0.379 e. The molecule has 0 amide bonds. The van der Waals surface area contributed by atoms with E-state index in [4.69, 9.17) is 22.3 Å². The van der Waals surface area contributed by atoms with Gasteiger partial charge in [0.2, 0.25) is 0 Å². The first-order valence-electron chi connectivity index (χ1n) is 4.06. The Labute approximate surface area is 104 Å². The Morgan fingerprint density at radius 3 is 1.50 bits per heavy atom. The predicted octanol–water partition coefficient (Wildman–Crippen LogP) is 1.99. The van der Waals surface area contributed by atoms with Crippen molar-refractivity contribution >= 4 is 50.8 Å². The van der Waals surface area contributed by atoms with Crippen LogP contribution in [-0.4, -0.2) is 21.8 Å². The molecule has 0 saturated carbocycles. The molecule has 84 valence electrons. The van der Waals surface area contributed by atoms with Crippen molar-refractivity contribution in [3.8, 4) is 0 Å². The summed E-state index contributed by atoms with van der Waals surface area (Å²) in [7, 11) is 0. The summed E-state index contributed by atoms with van der Waals surface area (Å²) < 4.78 is 0. The molecule has 0 aliphatic rings. The number of unbranched alkanes of at least 4 members (excludes halogenated alkanes) is 2. The topological polar surface area (TPSA) is 99.7 Å². The van der Waals surface area contributed by atoms with Gasteiger partial charge in [0, 0.05) is 11.5 Å². The van der Waals surface area contributed by atoms with Crippen LogP contribution in [-0.2, 0) is 0 Å². The van der Waals surface area contributed by atoms with Gasteiger partial charge < -0.3 is 11.5 Å². The molecular weight excluding hydrogens is 284 g/mol. The monoisotopic (exact) mass is 300 g/mol. The van der Waals surface area contributed by atoms with Crippen molar-refractivity contribution in [3.63, 3.8) is 0 Å². The number of thioether (sulfide) groups is 2. The van der Waals surface area contributed by atoms with E-state index in [2.05, 4.69) is 0 Å². The van der Waals surface area contributed by atoms with Gasteiger partial charge in [0.05, 0.1) is 0 Å². The van der Waals surface area contributed by atoms with Gasteiger partial charge in [0.1, 0.15) is 0 Å². The summed E-state index contributed by atoms with van der Waals surface area (Å²) in [5.74, 6) is 1.83. The minimum Gasteiger partial charge on any atom is -0.379 e. The van der Waals surface area contributed by atoms with Crippen molar-refractivity contribution in [1.29, 1.82) is 10.8 Å². The van der Waals surface area contributed by atoms with Crippen molar-refractivity contribution in [2.75, 3.05) is 11.5 Å². The van der Waals surface area contributed by atoms with Gasteiger partial charge >= 0.3 is 0 Å². The van der Waals surface area contributed by atoms with Gasteiger partial charge in [-0.05, 0) is 12.8 Å². The van der Waals surface area contributed by atoms with Gasteiger partial charge in [-0.15, -0.1) is 17.0 Å². The smallest absolute Gasteiger partial charge is 0.151 e. The van der Waals surface area contributed by atoms with Crippen LogP contribution in [0.2, 0.25) is 0 Å². The number of hydrogen-bond acceptors (Lipinski definition) is 4. The van der Waals surface area contributed by atoms with Crippen LogP contribution in [0.15, 0.2) is 0 Å². The first-order valence-corrected chi connectivity index (χ1v) is 6.03. The van der Waals surface area contributed by atoms with E-state index < -0.39 is 0 Å². The third-order valence-electron chi connectivity index (χ3n) is 1.30. The van der Waals surface area contributed by atoms with E-state index in [1.54, 1.807) is 0 Å². The van der Waals surface area contributed by atoms with Crippen LogP contribution in [0, 0.1) is 10.8 Å². The zero-order chi connectivity index (χ0) is 10.1. The normalized spacial score (nSPS) is 9.14. The van der Waals surface area contributed by atoms with Gasteiger partial charge in [-0.2, -0.15) is 0 Å². The molecule has 0 bridgehead atoms. The molecule has 0 rings (SSSR count). The quantitative estimate of drug-likeness (QED) is 0.342. The highest BCUT2D eigenvalue weighted by Gasteiger charge is 1.94. The summed E-state index contributed by atoms with van der Waals surface area (Å²) in [4.78, 5) is 0. The second-order valence-electron chi connectivity index (χ2n) is 2.49. The Balaban J connectivity index is 0. The Hall–Kier alpha value is 0.120. The fraction of sp³-hybridized carbons (Fsp3) is 0.714. The SMILES string of the molecule is Br.N=C(N)SCCCCCSC(=N)N. The third kappa shape index (κ3) is 14.6. The maximum Gasteiger partial charge on any atom is 0.151 e. The maximum absolute atomic E-state index is 6.96. The number of amidine groups is 2. The molecule has 0 aliphatic carbocycles. The van der Waals surface area contributed by atoms with Crippen LogP contribution in [0.5, 0.6) is 0 Å². The Morgan fingerprint density at radius 2 is 1.21 bits per heavy atom. The van der Waals surface area contributed by atoms with Crippen LogP contribution >= 0.6 is 40.5 Å². The molecule has 0 spiro atoms. The fourth-order valence-corrected chi connectivity index (χ4v) is 1.88. The summed E-state index contributed by atoms with van der Waals surface area (Å²) in [6.07, 6.45) is 3.26. The average molecular weight is 301 g/mol. The summed E-state index contributed by atoms with van der Waals surface area (Å²) in [6, 6.07) is 0. The zero-order valence-corrected chi connectivity index (χ0v) is 11.3. The molecule has 0 aliphatic heterocycles. The molecule has 0 radical (unpaired) electrons. The lowest BCUT2D eigenvalue weighted by Gasteiger charge is -1.99. The molecule has 0 aromatic carbocycles. The van der Waals surface area contributed by atoms with Crippen LogP contribution in [0.25, 0.3) is 0 Å². The van der Waals surface area contributed by atoms with E-state index in [1.807, 2.05) is 0 Å². The van der Waals surface area contributed by atoms with Gasteiger partial charge in [0.15, 0.2) is 10.3 Å². The first kappa shape index (κ1) is 16.5. The van der Waals surface area contributed by atoms with Crippen molar-refractivity contribution in [2.45, 2.75) is 19.3 Å². The molecule has 14 heavy (non-hydrogen) atoms. The molecule has 7 heteroatoms. The second kappa shape index (κ2) is 11.2.